The normalized spacial score (nSPS) is 14.1. The van der Waals surface area contributed by atoms with Crippen molar-refractivity contribution in [2.45, 2.75) is 18.7 Å². The molecule has 0 fully saturated rings. The monoisotopic (exact) mass is 333 g/mol. The van der Waals surface area contributed by atoms with Gasteiger partial charge < -0.3 is 9.64 Å². The van der Waals surface area contributed by atoms with Crippen molar-refractivity contribution in [3.8, 4) is 5.75 Å². The van der Waals surface area contributed by atoms with Crippen molar-refractivity contribution < 1.29 is 13.2 Å². The molecule has 1 N–H and O–H groups in total. The summed E-state index contributed by atoms with van der Waals surface area (Å²) in [6.45, 7) is 4.91. The van der Waals surface area contributed by atoms with Crippen LogP contribution in [0, 0.1) is 13.8 Å². The fourth-order valence-corrected chi connectivity index (χ4v) is 3.81. The van der Waals surface area contributed by atoms with E-state index in [9.17, 15) is 8.42 Å². The number of sulfonamides is 1. The summed E-state index contributed by atoms with van der Waals surface area (Å²) in [7, 11) is -1.76. The molecule has 3 rings (SSSR count). The summed E-state index contributed by atoms with van der Waals surface area (Å²) >= 11 is 0. The Morgan fingerprint density at radius 1 is 1.26 bits per heavy atom. The Morgan fingerprint density at radius 3 is 2.78 bits per heavy atom. The van der Waals surface area contributed by atoms with Gasteiger partial charge in [-0.2, -0.15) is 0 Å². The molecule has 0 aliphatic carbocycles. The summed E-state index contributed by atoms with van der Waals surface area (Å²) in [4.78, 5) is 6.44. The number of nitrogens with one attached hydrogen (secondary N) is 1. The van der Waals surface area contributed by atoms with Crippen molar-refractivity contribution in [2.24, 2.45) is 0 Å². The summed E-state index contributed by atoms with van der Waals surface area (Å²) in [5.41, 5.74) is 2.32. The van der Waals surface area contributed by atoms with E-state index < -0.39 is 10.0 Å². The second-order valence-corrected chi connectivity index (χ2v) is 7.28. The van der Waals surface area contributed by atoms with Gasteiger partial charge in [-0.1, -0.05) is 6.07 Å². The Labute approximate surface area is 136 Å². The molecule has 122 valence electrons. The van der Waals surface area contributed by atoms with E-state index in [1.807, 2.05) is 26.1 Å². The van der Waals surface area contributed by atoms with Crippen LogP contribution in [0.5, 0.6) is 5.75 Å². The Kier molecular flexibility index (Phi) is 3.89. The quantitative estimate of drug-likeness (QED) is 0.933. The highest BCUT2D eigenvalue weighted by Gasteiger charge is 2.23. The van der Waals surface area contributed by atoms with Gasteiger partial charge in [0.15, 0.2) is 0 Å². The number of anilines is 2. The van der Waals surface area contributed by atoms with Crippen molar-refractivity contribution in [3.63, 3.8) is 0 Å². The minimum Gasteiger partial charge on any atom is -0.490 e. The standard InChI is InChI=1S/C16H19N3O3S/c1-11-9-13-14(22-8-7-19(13)3)10-15(11)23(20,21)18-16-6-4-5-12(2)17-16/h4-6,9-10H,7-8H2,1-3H3,(H,17,18). The number of likely N-dealkylation sites (N-methyl/N-ethyl adjacent to an activating group) is 1. The van der Waals surface area contributed by atoms with Crippen molar-refractivity contribution in [3.05, 3.63) is 41.6 Å². The SMILES string of the molecule is Cc1cccc(NS(=O)(=O)c2cc3c(cc2C)N(C)CCO3)n1. The summed E-state index contributed by atoms with van der Waals surface area (Å²) in [5, 5.41) is 0. The third-order valence-corrected chi connectivity index (χ3v) is 5.27. The first-order valence-electron chi connectivity index (χ1n) is 7.32. The van der Waals surface area contributed by atoms with Crippen LogP contribution in [-0.2, 0) is 10.0 Å². The van der Waals surface area contributed by atoms with Gasteiger partial charge in [0.05, 0.1) is 17.1 Å². The predicted octanol–water partition coefficient (Wildman–Crippen LogP) is 2.33. The lowest BCUT2D eigenvalue weighted by Gasteiger charge is -2.28. The van der Waals surface area contributed by atoms with E-state index in [0.717, 1.165) is 17.9 Å². The smallest absolute Gasteiger partial charge is 0.263 e. The van der Waals surface area contributed by atoms with Gasteiger partial charge in [-0.05, 0) is 37.6 Å². The Hall–Kier alpha value is -2.28. The third kappa shape index (κ3) is 3.10. The first kappa shape index (κ1) is 15.6. The maximum Gasteiger partial charge on any atom is 0.263 e. The van der Waals surface area contributed by atoms with Gasteiger partial charge >= 0.3 is 0 Å². The van der Waals surface area contributed by atoms with E-state index >= 15 is 0 Å². The molecule has 0 bridgehead atoms. The predicted molar refractivity (Wildman–Crippen MR) is 89.7 cm³/mol. The minimum absolute atomic E-state index is 0.204. The van der Waals surface area contributed by atoms with Crippen LogP contribution < -0.4 is 14.4 Å². The first-order chi connectivity index (χ1) is 10.9. The van der Waals surface area contributed by atoms with E-state index in [1.54, 1.807) is 25.1 Å². The lowest BCUT2D eigenvalue weighted by molar-refractivity contribution is 0.310. The average molecular weight is 333 g/mol. The third-order valence-electron chi connectivity index (χ3n) is 3.77. The van der Waals surface area contributed by atoms with Gasteiger partial charge in [-0.25, -0.2) is 13.4 Å². The van der Waals surface area contributed by atoms with Crippen LogP contribution in [0.1, 0.15) is 11.3 Å². The molecule has 2 heterocycles. The molecule has 1 aliphatic rings. The van der Waals surface area contributed by atoms with Crippen molar-refractivity contribution >= 4 is 21.5 Å². The van der Waals surface area contributed by atoms with Crippen LogP contribution in [-0.4, -0.2) is 33.6 Å². The van der Waals surface area contributed by atoms with E-state index in [1.165, 1.54) is 0 Å². The van der Waals surface area contributed by atoms with E-state index in [-0.39, 0.29) is 4.90 Å². The molecule has 0 radical (unpaired) electrons. The van der Waals surface area contributed by atoms with Crippen LogP contribution in [0.15, 0.2) is 35.2 Å². The number of fused-ring (bicyclic) bond motifs is 1. The molecule has 2 aromatic rings. The molecule has 0 spiro atoms. The lowest BCUT2D eigenvalue weighted by atomic mass is 10.2. The van der Waals surface area contributed by atoms with Gasteiger partial charge in [-0.15, -0.1) is 0 Å². The van der Waals surface area contributed by atoms with Crippen molar-refractivity contribution in [1.29, 1.82) is 0 Å². The van der Waals surface area contributed by atoms with Crippen LogP contribution >= 0.6 is 0 Å². The highest BCUT2D eigenvalue weighted by molar-refractivity contribution is 7.92. The van der Waals surface area contributed by atoms with E-state index in [2.05, 4.69) is 14.6 Å². The highest BCUT2D eigenvalue weighted by Crippen LogP contribution is 2.35. The first-order valence-corrected chi connectivity index (χ1v) is 8.80. The van der Waals surface area contributed by atoms with Crippen LogP contribution in [0.4, 0.5) is 11.5 Å². The minimum atomic E-state index is -3.72. The molecule has 0 atom stereocenters. The maximum atomic E-state index is 12.7. The van der Waals surface area contributed by atoms with Gasteiger partial charge in [-0.3, -0.25) is 4.72 Å². The van der Waals surface area contributed by atoms with Crippen LogP contribution in [0.25, 0.3) is 0 Å². The fraction of sp³-hybridized carbons (Fsp3) is 0.312. The van der Waals surface area contributed by atoms with Crippen molar-refractivity contribution in [2.75, 3.05) is 29.8 Å². The summed E-state index contributed by atoms with van der Waals surface area (Å²) in [6, 6.07) is 8.62. The number of nitrogens with zero attached hydrogens (tertiary/aromatic N) is 2. The van der Waals surface area contributed by atoms with Gasteiger partial charge in [0, 0.05) is 18.8 Å². The fourth-order valence-electron chi connectivity index (χ4n) is 2.56. The molecule has 0 unspecified atom stereocenters. The van der Waals surface area contributed by atoms with Gasteiger partial charge in [0.25, 0.3) is 10.0 Å². The molecule has 1 aliphatic heterocycles. The molecular weight excluding hydrogens is 314 g/mol. The zero-order valence-corrected chi connectivity index (χ0v) is 14.1. The summed E-state index contributed by atoms with van der Waals surface area (Å²) in [5.74, 6) is 0.891. The molecule has 1 aromatic heterocycles. The molecular formula is C16H19N3O3S. The lowest BCUT2D eigenvalue weighted by Crippen LogP contribution is -2.29. The number of pyridine rings is 1. The number of hydrogen-bond donors (Lipinski definition) is 1. The highest BCUT2D eigenvalue weighted by atomic mass is 32.2. The average Bonchev–Trinajstić information content (AvgIpc) is 2.47. The molecule has 1 aromatic carbocycles. The van der Waals surface area contributed by atoms with Crippen molar-refractivity contribution in [1.82, 2.24) is 4.98 Å². The second kappa shape index (κ2) is 5.73. The summed E-state index contributed by atoms with van der Waals surface area (Å²) < 4.78 is 33.5. The zero-order chi connectivity index (χ0) is 16.6. The molecule has 23 heavy (non-hydrogen) atoms. The molecule has 0 saturated heterocycles. The maximum absolute atomic E-state index is 12.7. The second-order valence-electron chi connectivity index (χ2n) is 5.63. The summed E-state index contributed by atoms with van der Waals surface area (Å²) in [6.07, 6.45) is 0. The molecule has 0 saturated carbocycles. The number of benzene rings is 1. The van der Waals surface area contributed by atoms with Crippen LogP contribution in [0.3, 0.4) is 0 Å². The number of ether oxygens (including phenoxy) is 1. The number of aryl methyl sites for hydroxylation is 2. The Morgan fingerprint density at radius 2 is 2.04 bits per heavy atom. The number of hydrogen-bond acceptors (Lipinski definition) is 5. The number of rotatable bonds is 3. The topological polar surface area (TPSA) is 71.5 Å². The zero-order valence-electron chi connectivity index (χ0n) is 13.3. The molecule has 7 heteroatoms. The molecule has 0 amide bonds. The Bertz CT molecular complexity index is 850. The molecule has 6 nitrogen and oxygen atoms in total. The van der Waals surface area contributed by atoms with E-state index in [0.29, 0.717) is 23.7 Å². The van der Waals surface area contributed by atoms with Crippen LogP contribution in [0.2, 0.25) is 0 Å². The largest absolute Gasteiger partial charge is 0.490 e. The van der Waals surface area contributed by atoms with Gasteiger partial charge in [0.1, 0.15) is 18.2 Å². The Balaban J connectivity index is 2.00. The van der Waals surface area contributed by atoms with E-state index in [4.69, 9.17) is 4.74 Å². The van der Waals surface area contributed by atoms with Gasteiger partial charge in [0.2, 0.25) is 0 Å². The number of aromatic nitrogens is 1.